The number of hydrogen-bond acceptors (Lipinski definition) is 5. The molecule has 1 amide bonds. The van der Waals surface area contributed by atoms with Gasteiger partial charge in [0.15, 0.2) is 5.78 Å². The van der Waals surface area contributed by atoms with E-state index in [-0.39, 0.29) is 36.0 Å². The van der Waals surface area contributed by atoms with Crippen LogP contribution >= 0.6 is 11.3 Å². The Labute approximate surface area is 138 Å². The Bertz CT molecular complexity index is 781. The monoisotopic (exact) mass is 352 g/mol. The van der Waals surface area contributed by atoms with Gasteiger partial charge in [-0.05, 0) is 29.1 Å². The Balaban J connectivity index is 1.79. The first kappa shape index (κ1) is 17.3. The fourth-order valence-electron chi connectivity index (χ4n) is 1.87. The summed E-state index contributed by atoms with van der Waals surface area (Å²) < 4.78 is 22.3. The minimum atomic E-state index is -3.71. The van der Waals surface area contributed by atoms with E-state index in [1.807, 2.05) is 5.38 Å². The summed E-state index contributed by atoms with van der Waals surface area (Å²) >= 11 is 1.36. The number of nitrogens with one attached hydrogen (secondary N) is 1. The highest BCUT2D eigenvalue weighted by atomic mass is 32.2. The molecule has 0 radical (unpaired) electrons. The van der Waals surface area contributed by atoms with E-state index < -0.39 is 10.0 Å². The lowest BCUT2D eigenvalue weighted by Crippen LogP contribution is -2.23. The molecule has 0 saturated carbocycles. The second-order valence-electron chi connectivity index (χ2n) is 4.87. The minimum Gasteiger partial charge on any atom is -0.352 e. The summed E-state index contributed by atoms with van der Waals surface area (Å²) in [5.41, 5.74) is 0.746. The van der Waals surface area contributed by atoms with Gasteiger partial charge in [-0.25, -0.2) is 13.6 Å². The molecular weight excluding hydrogens is 336 g/mol. The van der Waals surface area contributed by atoms with Crippen LogP contribution in [0, 0.1) is 0 Å². The molecule has 122 valence electrons. The average molecular weight is 352 g/mol. The smallest absolute Gasteiger partial charge is 0.238 e. The standard InChI is InChI=1S/C15H16N2O4S2/c16-23(20,21)12-5-3-11(4-6-12)10-17-15(19)8-7-13(18)14-2-1-9-22-14/h1-6,9H,7-8,10H2,(H,17,19)(H2,16,20,21). The van der Waals surface area contributed by atoms with Crippen LogP contribution in [0.2, 0.25) is 0 Å². The van der Waals surface area contributed by atoms with Gasteiger partial charge < -0.3 is 5.32 Å². The zero-order chi connectivity index (χ0) is 16.9. The molecule has 0 aliphatic carbocycles. The van der Waals surface area contributed by atoms with Crippen LogP contribution in [0.15, 0.2) is 46.7 Å². The predicted molar refractivity (Wildman–Crippen MR) is 87.5 cm³/mol. The number of ketones is 1. The second kappa shape index (κ2) is 7.49. The van der Waals surface area contributed by atoms with Gasteiger partial charge in [0.05, 0.1) is 9.77 Å². The van der Waals surface area contributed by atoms with E-state index in [0.29, 0.717) is 4.88 Å². The van der Waals surface area contributed by atoms with E-state index in [4.69, 9.17) is 5.14 Å². The molecule has 2 aromatic rings. The maximum Gasteiger partial charge on any atom is 0.238 e. The van der Waals surface area contributed by atoms with Crippen molar-refractivity contribution in [3.05, 3.63) is 52.2 Å². The molecule has 2 rings (SSSR count). The molecule has 3 N–H and O–H groups in total. The Kier molecular flexibility index (Phi) is 5.64. The van der Waals surface area contributed by atoms with E-state index in [0.717, 1.165) is 5.56 Å². The molecule has 0 fully saturated rings. The maximum atomic E-state index is 11.8. The van der Waals surface area contributed by atoms with Gasteiger partial charge in [-0.2, -0.15) is 0 Å². The van der Waals surface area contributed by atoms with Crippen molar-refractivity contribution in [3.8, 4) is 0 Å². The Morgan fingerprint density at radius 2 is 1.78 bits per heavy atom. The van der Waals surface area contributed by atoms with Crippen molar-refractivity contribution in [2.24, 2.45) is 5.14 Å². The molecule has 0 bridgehead atoms. The summed E-state index contributed by atoms with van der Waals surface area (Å²) in [5.74, 6) is -0.280. The quantitative estimate of drug-likeness (QED) is 0.739. The van der Waals surface area contributed by atoms with Gasteiger partial charge in [0.25, 0.3) is 0 Å². The zero-order valence-corrected chi connectivity index (χ0v) is 13.8. The number of rotatable bonds is 7. The largest absolute Gasteiger partial charge is 0.352 e. The molecule has 0 aliphatic rings. The van der Waals surface area contributed by atoms with E-state index in [2.05, 4.69) is 5.32 Å². The number of hydrogen-bond donors (Lipinski definition) is 2. The molecule has 0 spiro atoms. The molecule has 6 nitrogen and oxygen atoms in total. The summed E-state index contributed by atoms with van der Waals surface area (Å²) in [5, 5.41) is 9.52. The summed E-state index contributed by atoms with van der Waals surface area (Å²) in [6, 6.07) is 9.46. The topological polar surface area (TPSA) is 106 Å². The molecule has 23 heavy (non-hydrogen) atoms. The molecule has 1 heterocycles. The van der Waals surface area contributed by atoms with Crippen molar-refractivity contribution >= 4 is 33.1 Å². The molecule has 0 saturated heterocycles. The predicted octanol–water partition coefficient (Wildman–Crippen LogP) is 1.67. The van der Waals surface area contributed by atoms with Crippen LogP contribution in [0.3, 0.4) is 0 Å². The molecule has 0 aliphatic heterocycles. The number of carbonyl (C=O) groups is 2. The van der Waals surface area contributed by atoms with E-state index in [1.54, 1.807) is 24.3 Å². The highest BCUT2D eigenvalue weighted by Crippen LogP contribution is 2.12. The lowest BCUT2D eigenvalue weighted by Gasteiger charge is -2.06. The number of benzene rings is 1. The van der Waals surface area contributed by atoms with E-state index in [9.17, 15) is 18.0 Å². The molecule has 1 aromatic carbocycles. The Morgan fingerprint density at radius 3 is 2.35 bits per heavy atom. The molecule has 0 unspecified atom stereocenters. The van der Waals surface area contributed by atoms with Crippen LogP contribution in [-0.4, -0.2) is 20.1 Å². The summed E-state index contributed by atoms with van der Waals surface area (Å²) in [6.07, 6.45) is 0.280. The molecular formula is C15H16N2O4S2. The number of carbonyl (C=O) groups excluding carboxylic acids is 2. The van der Waals surface area contributed by atoms with Gasteiger partial charge in [-0.1, -0.05) is 18.2 Å². The average Bonchev–Trinajstić information content (AvgIpc) is 3.04. The first-order valence-electron chi connectivity index (χ1n) is 6.81. The normalized spacial score (nSPS) is 11.2. The van der Waals surface area contributed by atoms with Crippen LogP contribution in [-0.2, 0) is 21.4 Å². The highest BCUT2D eigenvalue weighted by molar-refractivity contribution is 7.89. The lowest BCUT2D eigenvalue weighted by molar-refractivity contribution is -0.121. The first-order chi connectivity index (χ1) is 10.9. The van der Waals surface area contributed by atoms with Crippen molar-refractivity contribution in [2.75, 3.05) is 0 Å². The third-order valence-corrected chi connectivity index (χ3v) is 4.96. The van der Waals surface area contributed by atoms with Crippen LogP contribution in [0.1, 0.15) is 28.1 Å². The lowest BCUT2D eigenvalue weighted by atomic mass is 10.2. The number of amides is 1. The number of sulfonamides is 1. The second-order valence-corrected chi connectivity index (χ2v) is 7.38. The van der Waals surface area contributed by atoms with Crippen LogP contribution in [0.5, 0.6) is 0 Å². The molecule has 8 heteroatoms. The minimum absolute atomic E-state index is 0.0223. The van der Waals surface area contributed by atoms with Crippen molar-refractivity contribution in [2.45, 2.75) is 24.3 Å². The van der Waals surface area contributed by atoms with Crippen molar-refractivity contribution in [1.82, 2.24) is 5.32 Å². The number of nitrogens with two attached hydrogens (primary N) is 1. The summed E-state index contributed by atoms with van der Waals surface area (Å²) in [6.45, 7) is 0.261. The third-order valence-electron chi connectivity index (χ3n) is 3.12. The van der Waals surface area contributed by atoms with E-state index in [1.165, 1.54) is 23.5 Å². The summed E-state index contributed by atoms with van der Waals surface area (Å²) in [7, 11) is -3.71. The number of primary sulfonamides is 1. The van der Waals surface area contributed by atoms with Gasteiger partial charge in [-0.3, -0.25) is 9.59 Å². The van der Waals surface area contributed by atoms with Gasteiger partial charge in [0.2, 0.25) is 15.9 Å². The molecule has 0 atom stereocenters. The van der Waals surface area contributed by atoms with Crippen molar-refractivity contribution in [3.63, 3.8) is 0 Å². The van der Waals surface area contributed by atoms with Gasteiger partial charge in [-0.15, -0.1) is 11.3 Å². The summed E-state index contributed by atoms with van der Waals surface area (Å²) in [4.78, 5) is 24.2. The van der Waals surface area contributed by atoms with Crippen LogP contribution < -0.4 is 10.5 Å². The van der Waals surface area contributed by atoms with Gasteiger partial charge in [0.1, 0.15) is 0 Å². The third kappa shape index (κ3) is 5.27. The Morgan fingerprint density at radius 1 is 1.09 bits per heavy atom. The number of Topliss-reactive ketones (excluding diaryl/α,β-unsaturated/α-hetero) is 1. The van der Waals surface area contributed by atoms with E-state index >= 15 is 0 Å². The first-order valence-corrected chi connectivity index (χ1v) is 9.24. The maximum absolute atomic E-state index is 11.8. The van der Waals surface area contributed by atoms with Gasteiger partial charge in [0, 0.05) is 19.4 Å². The van der Waals surface area contributed by atoms with Crippen LogP contribution in [0.4, 0.5) is 0 Å². The zero-order valence-electron chi connectivity index (χ0n) is 12.2. The Hall–Kier alpha value is -2.03. The van der Waals surface area contributed by atoms with Crippen molar-refractivity contribution < 1.29 is 18.0 Å². The van der Waals surface area contributed by atoms with Crippen LogP contribution in [0.25, 0.3) is 0 Å². The fraction of sp³-hybridized carbons (Fsp3) is 0.200. The number of thiophene rings is 1. The fourth-order valence-corrected chi connectivity index (χ4v) is 3.08. The molecule has 1 aromatic heterocycles. The SMILES string of the molecule is NS(=O)(=O)c1ccc(CNC(=O)CCC(=O)c2cccs2)cc1. The van der Waals surface area contributed by atoms with Gasteiger partial charge >= 0.3 is 0 Å². The highest BCUT2D eigenvalue weighted by Gasteiger charge is 2.10. The van der Waals surface area contributed by atoms with Crippen molar-refractivity contribution in [1.29, 1.82) is 0 Å².